The predicted octanol–water partition coefficient (Wildman–Crippen LogP) is 3.10. The maximum atomic E-state index is 12.3. The summed E-state index contributed by atoms with van der Waals surface area (Å²) in [6, 6.07) is 6.55. The zero-order valence-corrected chi connectivity index (χ0v) is 19.4. The Bertz CT molecular complexity index is 1090. The molecular formula is C23H24N2O7S. The van der Waals surface area contributed by atoms with Crippen LogP contribution in [0.3, 0.4) is 0 Å². The molecule has 10 heteroatoms. The predicted molar refractivity (Wildman–Crippen MR) is 120 cm³/mol. The fourth-order valence-corrected chi connectivity index (χ4v) is 4.43. The van der Waals surface area contributed by atoms with E-state index in [1.54, 1.807) is 38.1 Å². The molecular weight excluding hydrogens is 448 g/mol. The average Bonchev–Trinajstić information content (AvgIpc) is 3.20. The van der Waals surface area contributed by atoms with Gasteiger partial charge in [0.05, 0.1) is 23.3 Å². The van der Waals surface area contributed by atoms with Gasteiger partial charge in [-0.2, -0.15) is 0 Å². The molecule has 1 N–H and O–H groups in total. The first-order valence-corrected chi connectivity index (χ1v) is 11.2. The summed E-state index contributed by atoms with van der Waals surface area (Å²) < 4.78 is 10.0. The molecule has 0 atom stereocenters. The van der Waals surface area contributed by atoms with Gasteiger partial charge in [0.25, 0.3) is 17.7 Å². The smallest absolute Gasteiger partial charge is 0.341 e. The normalized spacial score (nSPS) is 12.5. The maximum Gasteiger partial charge on any atom is 0.341 e. The molecule has 2 heterocycles. The lowest BCUT2D eigenvalue weighted by molar-refractivity contribution is -0.147. The van der Waals surface area contributed by atoms with Crippen molar-refractivity contribution in [2.24, 2.45) is 0 Å². The van der Waals surface area contributed by atoms with E-state index in [2.05, 4.69) is 5.32 Å². The van der Waals surface area contributed by atoms with E-state index < -0.39 is 24.5 Å². The molecule has 1 aromatic carbocycles. The number of fused-ring (bicyclic) bond motifs is 1. The zero-order chi connectivity index (χ0) is 24.1. The number of amides is 3. The largest absolute Gasteiger partial charge is 0.462 e. The summed E-state index contributed by atoms with van der Waals surface area (Å²) in [6.45, 7) is 5.04. The lowest BCUT2D eigenvalue weighted by atomic mass is 10.1. The number of carbonyl (C=O) groups excluding carboxylic acids is 5. The van der Waals surface area contributed by atoms with Crippen molar-refractivity contribution in [2.45, 2.75) is 33.6 Å². The number of esters is 2. The van der Waals surface area contributed by atoms with E-state index >= 15 is 0 Å². The summed E-state index contributed by atoms with van der Waals surface area (Å²) in [6.07, 6.45) is 0.147. The van der Waals surface area contributed by atoms with Gasteiger partial charge in [0.1, 0.15) is 5.00 Å². The number of imide groups is 1. The van der Waals surface area contributed by atoms with Crippen LogP contribution < -0.4 is 5.32 Å². The molecule has 0 saturated heterocycles. The Morgan fingerprint density at radius 1 is 1.03 bits per heavy atom. The molecule has 0 bridgehead atoms. The molecule has 3 amide bonds. The molecule has 0 unspecified atom stereocenters. The van der Waals surface area contributed by atoms with E-state index in [1.807, 2.05) is 6.92 Å². The van der Waals surface area contributed by atoms with Crippen molar-refractivity contribution in [3.8, 4) is 0 Å². The summed E-state index contributed by atoms with van der Waals surface area (Å²) in [5, 5.41) is 2.94. The van der Waals surface area contributed by atoms with Gasteiger partial charge >= 0.3 is 11.9 Å². The Morgan fingerprint density at radius 2 is 1.67 bits per heavy atom. The van der Waals surface area contributed by atoms with Crippen LogP contribution in [0, 0.1) is 13.8 Å². The molecule has 0 saturated carbocycles. The molecule has 2 aromatic rings. The van der Waals surface area contributed by atoms with Crippen LogP contribution >= 0.6 is 11.3 Å². The average molecular weight is 473 g/mol. The van der Waals surface area contributed by atoms with Crippen molar-refractivity contribution in [1.82, 2.24) is 4.90 Å². The van der Waals surface area contributed by atoms with Gasteiger partial charge in [-0.25, -0.2) is 4.79 Å². The number of ether oxygens (including phenoxy) is 2. The molecule has 1 aliphatic heterocycles. The summed E-state index contributed by atoms with van der Waals surface area (Å²) in [7, 11) is 0. The van der Waals surface area contributed by atoms with Crippen molar-refractivity contribution < 1.29 is 33.4 Å². The summed E-state index contributed by atoms with van der Waals surface area (Å²) in [4.78, 5) is 63.0. The highest BCUT2D eigenvalue weighted by atomic mass is 32.1. The molecule has 174 valence electrons. The second-order valence-corrected chi connectivity index (χ2v) is 8.55. The standard InChI is InChI=1S/C23H24N2O7S/c1-4-31-23(30)19-13(2)14(3)33-20(19)24-17(26)12-32-18(27)10-7-11-25-21(28)15-8-5-6-9-16(15)22(25)29/h5-6,8-9H,4,7,10-12H2,1-3H3,(H,24,26). The number of nitrogens with one attached hydrogen (secondary N) is 1. The van der Waals surface area contributed by atoms with E-state index in [-0.39, 0.29) is 37.8 Å². The van der Waals surface area contributed by atoms with Gasteiger partial charge in [-0.15, -0.1) is 11.3 Å². The second kappa shape index (κ2) is 10.4. The number of benzene rings is 1. The van der Waals surface area contributed by atoms with Gasteiger partial charge in [0.2, 0.25) is 0 Å². The molecule has 33 heavy (non-hydrogen) atoms. The number of hydrogen-bond donors (Lipinski definition) is 1. The molecule has 9 nitrogen and oxygen atoms in total. The lowest BCUT2D eigenvalue weighted by Gasteiger charge is -2.13. The Balaban J connectivity index is 1.46. The minimum absolute atomic E-state index is 0.0635. The number of nitrogens with zero attached hydrogens (tertiary/aromatic N) is 1. The molecule has 0 fully saturated rings. The second-order valence-electron chi connectivity index (χ2n) is 7.33. The quantitative estimate of drug-likeness (QED) is 0.440. The number of anilines is 1. The summed E-state index contributed by atoms with van der Waals surface area (Å²) in [5.74, 6) is -2.52. The Kier molecular flexibility index (Phi) is 7.59. The van der Waals surface area contributed by atoms with Gasteiger partial charge in [-0.3, -0.25) is 24.1 Å². The van der Waals surface area contributed by atoms with E-state index in [9.17, 15) is 24.0 Å². The number of thiophene rings is 1. The summed E-state index contributed by atoms with van der Waals surface area (Å²) in [5.41, 5.74) is 1.71. The first kappa shape index (κ1) is 24.1. The third kappa shape index (κ3) is 5.28. The first-order valence-electron chi connectivity index (χ1n) is 10.4. The molecule has 1 aliphatic rings. The number of aryl methyl sites for hydroxylation is 1. The van der Waals surface area contributed by atoms with Crippen LogP contribution in [0.25, 0.3) is 0 Å². The highest BCUT2D eigenvalue weighted by Crippen LogP contribution is 2.33. The van der Waals surface area contributed by atoms with Crippen molar-refractivity contribution >= 4 is 46.0 Å². The number of hydrogen-bond acceptors (Lipinski definition) is 8. The van der Waals surface area contributed by atoms with Gasteiger partial charge in [0, 0.05) is 17.8 Å². The Hall–Kier alpha value is -3.53. The Labute approximate surface area is 194 Å². The zero-order valence-electron chi connectivity index (χ0n) is 18.6. The van der Waals surface area contributed by atoms with Gasteiger partial charge in [-0.1, -0.05) is 12.1 Å². The fraction of sp³-hybridized carbons (Fsp3) is 0.348. The highest BCUT2D eigenvalue weighted by Gasteiger charge is 2.34. The third-order valence-electron chi connectivity index (χ3n) is 5.12. The van der Waals surface area contributed by atoms with E-state index in [4.69, 9.17) is 9.47 Å². The maximum absolute atomic E-state index is 12.3. The molecule has 3 rings (SSSR count). The topological polar surface area (TPSA) is 119 Å². The minimum Gasteiger partial charge on any atom is -0.462 e. The van der Waals surface area contributed by atoms with E-state index in [0.29, 0.717) is 21.7 Å². The monoisotopic (exact) mass is 472 g/mol. The third-order valence-corrected chi connectivity index (χ3v) is 6.25. The van der Waals surface area contributed by atoms with Crippen LogP contribution in [0.1, 0.15) is 61.3 Å². The number of carbonyl (C=O) groups is 5. The van der Waals surface area contributed by atoms with E-state index in [1.165, 1.54) is 11.3 Å². The van der Waals surface area contributed by atoms with Crippen molar-refractivity contribution in [3.05, 3.63) is 51.4 Å². The van der Waals surface area contributed by atoms with Crippen LogP contribution in [-0.2, 0) is 19.1 Å². The minimum atomic E-state index is -0.633. The SMILES string of the molecule is CCOC(=O)c1c(NC(=O)COC(=O)CCCN2C(=O)c3ccccc3C2=O)sc(C)c1C. The van der Waals surface area contributed by atoms with Crippen molar-refractivity contribution in [1.29, 1.82) is 0 Å². The van der Waals surface area contributed by atoms with Crippen LogP contribution in [0.15, 0.2) is 24.3 Å². The lowest BCUT2D eigenvalue weighted by Crippen LogP contribution is -2.31. The van der Waals surface area contributed by atoms with E-state index in [0.717, 1.165) is 15.3 Å². The van der Waals surface area contributed by atoms with Crippen molar-refractivity contribution in [2.75, 3.05) is 25.1 Å². The molecule has 0 spiro atoms. The fourth-order valence-electron chi connectivity index (χ4n) is 3.37. The van der Waals surface area contributed by atoms with Crippen LogP contribution in [-0.4, -0.2) is 54.3 Å². The van der Waals surface area contributed by atoms with Crippen LogP contribution in [0.5, 0.6) is 0 Å². The van der Waals surface area contributed by atoms with Gasteiger partial charge in [0.15, 0.2) is 6.61 Å². The van der Waals surface area contributed by atoms with Gasteiger partial charge < -0.3 is 14.8 Å². The number of rotatable bonds is 9. The molecule has 1 aromatic heterocycles. The van der Waals surface area contributed by atoms with Crippen LogP contribution in [0.2, 0.25) is 0 Å². The molecule has 0 radical (unpaired) electrons. The van der Waals surface area contributed by atoms with Crippen molar-refractivity contribution in [3.63, 3.8) is 0 Å². The summed E-state index contributed by atoms with van der Waals surface area (Å²) >= 11 is 1.24. The van der Waals surface area contributed by atoms with Gasteiger partial charge in [-0.05, 0) is 44.9 Å². The van der Waals surface area contributed by atoms with Crippen LogP contribution in [0.4, 0.5) is 5.00 Å². The first-order chi connectivity index (χ1) is 15.7. The highest BCUT2D eigenvalue weighted by molar-refractivity contribution is 7.16. The molecule has 0 aliphatic carbocycles. The Morgan fingerprint density at radius 3 is 2.27 bits per heavy atom.